The number of carbonyl (C=O) groups is 1. The zero-order valence-electron chi connectivity index (χ0n) is 7.97. The Labute approximate surface area is 86.8 Å². The second kappa shape index (κ2) is 4.44. The molecule has 0 spiro atoms. The molecule has 2 N–H and O–H groups in total. The SMILES string of the molecule is O=C(O)C(F)C(O)C1CCCS(=O)(=O)C1. The van der Waals surface area contributed by atoms with Crippen LogP contribution in [0.4, 0.5) is 4.39 Å². The first kappa shape index (κ1) is 12.4. The molecule has 0 saturated carbocycles. The van der Waals surface area contributed by atoms with E-state index >= 15 is 0 Å². The van der Waals surface area contributed by atoms with Gasteiger partial charge in [-0.1, -0.05) is 0 Å². The van der Waals surface area contributed by atoms with E-state index in [0.717, 1.165) is 0 Å². The number of rotatable bonds is 3. The Bertz CT molecular complexity index is 339. The second-order valence-electron chi connectivity index (χ2n) is 3.75. The minimum absolute atomic E-state index is 0.0280. The summed E-state index contributed by atoms with van der Waals surface area (Å²) in [5, 5.41) is 17.7. The third-order valence-corrected chi connectivity index (χ3v) is 4.36. The van der Waals surface area contributed by atoms with Crippen molar-refractivity contribution >= 4 is 15.8 Å². The normalized spacial score (nSPS) is 29.3. The summed E-state index contributed by atoms with van der Waals surface area (Å²) in [5.74, 6) is -2.87. The van der Waals surface area contributed by atoms with Crippen LogP contribution in [0.2, 0.25) is 0 Å². The van der Waals surface area contributed by atoms with Gasteiger partial charge in [-0.25, -0.2) is 17.6 Å². The summed E-state index contributed by atoms with van der Waals surface area (Å²) in [6, 6.07) is 0. The highest BCUT2D eigenvalue weighted by Gasteiger charge is 2.37. The largest absolute Gasteiger partial charge is 0.479 e. The highest BCUT2D eigenvalue weighted by atomic mass is 32.2. The Kier molecular flexibility index (Phi) is 3.67. The van der Waals surface area contributed by atoms with E-state index in [-0.39, 0.29) is 11.5 Å². The molecule has 0 aromatic heterocycles. The third-order valence-electron chi connectivity index (χ3n) is 2.52. The molecular weight excluding hydrogens is 227 g/mol. The molecule has 0 bridgehead atoms. The summed E-state index contributed by atoms with van der Waals surface area (Å²) in [5.41, 5.74) is 0. The van der Waals surface area contributed by atoms with Gasteiger partial charge in [0.15, 0.2) is 9.84 Å². The summed E-state index contributed by atoms with van der Waals surface area (Å²) >= 11 is 0. The highest BCUT2D eigenvalue weighted by molar-refractivity contribution is 7.91. The molecule has 1 aliphatic heterocycles. The first-order valence-corrected chi connectivity index (χ1v) is 6.41. The van der Waals surface area contributed by atoms with Gasteiger partial charge < -0.3 is 10.2 Å². The van der Waals surface area contributed by atoms with Crippen LogP contribution in [-0.4, -0.2) is 48.4 Å². The molecule has 3 unspecified atom stereocenters. The number of alkyl halides is 1. The molecule has 1 fully saturated rings. The molecule has 0 amide bonds. The van der Waals surface area contributed by atoms with Gasteiger partial charge in [-0.3, -0.25) is 0 Å². The number of sulfone groups is 1. The minimum atomic E-state index is -3.26. The monoisotopic (exact) mass is 240 g/mol. The Morgan fingerprint density at radius 1 is 1.47 bits per heavy atom. The van der Waals surface area contributed by atoms with Crippen molar-refractivity contribution in [1.82, 2.24) is 0 Å². The lowest BCUT2D eigenvalue weighted by Crippen LogP contribution is -2.41. The van der Waals surface area contributed by atoms with E-state index in [1.807, 2.05) is 0 Å². The number of halogens is 1. The van der Waals surface area contributed by atoms with Crippen molar-refractivity contribution in [2.24, 2.45) is 5.92 Å². The van der Waals surface area contributed by atoms with Crippen LogP contribution in [-0.2, 0) is 14.6 Å². The van der Waals surface area contributed by atoms with Gasteiger partial charge in [0, 0.05) is 5.92 Å². The van der Waals surface area contributed by atoms with Crippen LogP contribution in [0.5, 0.6) is 0 Å². The Hall–Kier alpha value is -0.690. The van der Waals surface area contributed by atoms with Crippen LogP contribution in [0.25, 0.3) is 0 Å². The second-order valence-corrected chi connectivity index (χ2v) is 5.98. The molecular formula is C8H13FO5S. The van der Waals surface area contributed by atoms with Crippen LogP contribution in [0.3, 0.4) is 0 Å². The number of carboxylic acid groups (broad SMARTS) is 1. The van der Waals surface area contributed by atoms with Crippen LogP contribution < -0.4 is 0 Å². The third kappa shape index (κ3) is 3.13. The smallest absolute Gasteiger partial charge is 0.341 e. The molecule has 1 saturated heterocycles. The number of aliphatic hydroxyl groups is 1. The van der Waals surface area contributed by atoms with Crippen molar-refractivity contribution in [3.8, 4) is 0 Å². The zero-order chi connectivity index (χ0) is 11.6. The van der Waals surface area contributed by atoms with Gasteiger partial charge in [-0.2, -0.15) is 0 Å². The van der Waals surface area contributed by atoms with E-state index in [1.165, 1.54) is 0 Å². The van der Waals surface area contributed by atoms with Crippen LogP contribution in [0.1, 0.15) is 12.8 Å². The fourth-order valence-corrected chi connectivity index (χ4v) is 3.50. The molecule has 1 heterocycles. The topological polar surface area (TPSA) is 91.7 Å². The number of carboxylic acids is 1. The predicted molar refractivity (Wildman–Crippen MR) is 49.9 cm³/mol. The summed E-state index contributed by atoms with van der Waals surface area (Å²) in [6.45, 7) is 0. The molecule has 7 heteroatoms. The average molecular weight is 240 g/mol. The van der Waals surface area contributed by atoms with Crippen molar-refractivity contribution in [1.29, 1.82) is 0 Å². The maximum atomic E-state index is 12.9. The number of hydrogen-bond donors (Lipinski definition) is 2. The van der Waals surface area contributed by atoms with E-state index in [0.29, 0.717) is 12.8 Å². The zero-order valence-corrected chi connectivity index (χ0v) is 8.78. The maximum absolute atomic E-state index is 12.9. The van der Waals surface area contributed by atoms with Gasteiger partial charge in [0.05, 0.1) is 17.6 Å². The van der Waals surface area contributed by atoms with Gasteiger partial charge in [-0.05, 0) is 12.8 Å². The molecule has 1 aliphatic rings. The van der Waals surface area contributed by atoms with E-state index in [1.54, 1.807) is 0 Å². The summed E-state index contributed by atoms with van der Waals surface area (Å²) < 4.78 is 35.3. The molecule has 1 rings (SSSR count). The lowest BCUT2D eigenvalue weighted by atomic mass is 9.95. The van der Waals surface area contributed by atoms with Crippen molar-refractivity contribution < 1.29 is 27.8 Å². The molecule has 88 valence electrons. The molecule has 5 nitrogen and oxygen atoms in total. The van der Waals surface area contributed by atoms with Crippen LogP contribution >= 0.6 is 0 Å². The number of aliphatic hydroxyl groups excluding tert-OH is 1. The van der Waals surface area contributed by atoms with E-state index in [9.17, 15) is 22.7 Å². The number of hydrogen-bond acceptors (Lipinski definition) is 4. The standard InChI is InChI=1S/C8H13FO5S/c9-6(8(11)12)7(10)5-2-1-3-15(13,14)4-5/h5-7,10H,1-4H2,(H,11,12). The van der Waals surface area contributed by atoms with Crippen molar-refractivity contribution in [3.63, 3.8) is 0 Å². The van der Waals surface area contributed by atoms with Gasteiger partial charge in [0.25, 0.3) is 0 Å². The average Bonchev–Trinajstić information content (AvgIpc) is 2.13. The molecule has 0 aromatic rings. The predicted octanol–water partition coefficient (Wildman–Crippen LogP) is -0.405. The molecule has 0 radical (unpaired) electrons. The number of aliphatic carboxylic acids is 1. The van der Waals surface area contributed by atoms with Crippen molar-refractivity contribution in [2.75, 3.05) is 11.5 Å². The Balaban J connectivity index is 2.68. The highest BCUT2D eigenvalue weighted by Crippen LogP contribution is 2.24. The molecule has 15 heavy (non-hydrogen) atoms. The van der Waals surface area contributed by atoms with Gasteiger partial charge in [-0.15, -0.1) is 0 Å². The first-order valence-electron chi connectivity index (χ1n) is 4.59. The Morgan fingerprint density at radius 3 is 2.53 bits per heavy atom. The summed E-state index contributed by atoms with van der Waals surface area (Å²) in [4.78, 5) is 10.3. The van der Waals surface area contributed by atoms with Gasteiger partial charge >= 0.3 is 5.97 Å². The van der Waals surface area contributed by atoms with Crippen LogP contribution in [0, 0.1) is 5.92 Å². The summed E-state index contributed by atoms with van der Waals surface area (Å²) in [7, 11) is -3.26. The maximum Gasteiger partial charge on any atom is 0.341 e. The van der Waals surface area contributed by atoms with Gasteiger partial charge in [0.1, 0.15) is 0 Å². The van der Waals surface area contributed by atoms with Crippen molar-refractivity contribution in [3.05, 3.63) is 0 Å². The van der Waals surface area contributed by atoms with E-state index < -0.39 is 34.0 Å². The van der Waals surface area contributed by atoms with Gasteiger partial charge in [0.2, 0.25) is 6.17 Å². The van der Waals surface area contributed by atoms with Crippen LogP contribution in [0.15, 0.2) is 0 Å². The molecule has 0 aromatic carbocycles. The fourth-order valence-electron chi connectivity index (χ4n) is 1.71. The minimum Gasteiger partial charge on any atom is -0.479 e. The summed E-state index contributed by atoms with van der Waals surface area (Å²) in [6.07, 6.45) is -3.47. The lowest BCUT2D eigenvalue weighted by molar-refractivity contribution is -0.148. The first-order chi connectivity index (χ1) is 6.83. The molecule has 3 atom stereocenters. The van der Waals surface area contributed by atoms with E-state index in [4.69, 9.17) is 5.11 Å². The fraction of sp³-hybridized carbons (Fsp3) is 0.875. The lowest BCUT2D eigenvalue weighted by Gasteiger charge is -2.26. The van der Waals surface area contributed by atoms with Crippen molar-refractivity contribution in [2.45, 2.75) is 25.1 Å². The Morgan fingerprint density at radius 2 is 2.07 bits per heavy atom. The quantitative estimate of drug-likeness (QED) is 0.700. The molecule has 0 aliphatic carbocycles. The van der Waals surface area contributed by atoms with E-state index in [2.05, 4.69) is 0 Å².